The smallest absolute Gasteiger partial charge is 0.203 e. The summed E-state index contributed by atoms with van der Waals surface area (Å²) in [6, 6.07) is 11.7. The van der Waals surface area contributed by atoms with Crippen LogP contribution in [0.4, 0.5) is 0 Å². The highest BCUT2D eigenvalue weighted by atomic mass is 127. The largest absolute Gasteiger partial charge is 0.493 e. The summed E-state index contributed by atoms with van der Waals surface area (Å²) in [5, 5.41) is 6.61. The molecule has 0 aliphatic rings. The molecule has 2 N–H and O–H groups in total. The predicted molar refractivity (Wildman–Crippen MR) is 135 cm³/mol. The first kappa shape index (κ1) is 26.4. The molecule has 0 aliphatic carbocycles. The number of methoxy groups -OCH3 is 3. The summed E-state index contributed by atoms with van der Waals surface area (Å²) in [5.41, 5.74) is 1.93. The van der Waals surface area contributed by atoms with Crippen molar-refractivity contribution < 1.29 is 18.9 Å². The maximum atomic E-state index is 5.72. The molecule has 0 atom stereocenters. The van der Waals surface area contributed by atoms with E-state index < -0.39 is 0 Å². The summed E-state index contributed by atoms with van der Waals surface area (Å²) in [6.45, 7) is 7.90. The zero-order chi connectivity index (χ0) is 21.8. The molecule has 0 fully saturated rings. The van der Waals surface area contributed by atoms with Crippen molar-refractivity contribution in [3.05, 3.63) is 60.2 Å². The minimum absolute atomic E-state index is 0. The number of hydrogen-bond donors (Lipinski definition) is 2. The number of halogens is 1. The lowest BCUT2D eigenvalue weighted by atomic mass is 10.1. The van der Waals surface area contributed by atoms with Crippen LogP contribution in [-0.4, -0.2) is 40.4 Å². The molecule has 0 spiro atoms. The van der Waals surface area contributed by atoms with E-state index >= 15 is 0 Å². The second-order valence-corrected chi connectivity index (χ2v) is 6.25. The Bertz CT molecular complexity index is 859. The molecule has 0 bridgehead atoms. The van der Waals surface area contributed by atoms with E-state index in [9.17, 15) is 0 Å². The minimum Gasteiger partial charge on any atom is -0.493 e. The lowest BCUT2D eigenvalue weighted by Gasteiger charge is -2.16. The van der Waals surface area contributed by atoms with E-state index in [0.717, 1.165) is 23.4 Å². The Morgan fingerprint density at radius 1 is 0.935 bits per heavy atom. The van der Waals surface area contributed by atoms with Crippen LogP contribution >= 0.6 is 24.0 Å². The number of ether oxygens (including phenoxy) is 4. The van der Waals surface area contributed by atoms with Crippen LogP contribution in [0.15, 0.2) is 54.0 Å². The van der Waals surface area contributed by atoms with E-state index in [1.54, 1.807) is 27.4 Å². The second kappa shape index (κ2) is 14.4. The first-order valence-electron chi connectivity index (χ1n) is 9.80. The zero-order valence-electron chi connectivity index (χ0n) is 18.6. The molecule has 2 rings (SSSR count). The van der Waals surface area contributed by atoms with Crippen LogP contribution in [0.2, 0.25) is 0 Å². The number of aliphatic imine (C=N–C) groups is 1. The van der Waals surface area contributed by atoms with Crippen molar-refractivity contribution in [1.82, 2.24) is 10.6 Å². The minimum atomic E-state index is 0. The van der Waals surface area contributed by atoms with E-state index in [0.29, 0.717) is 42.9 Å². The summed E-state index contributed by atoms with van der Waals surface area (Å²) in [5.74, 6) is 3.29. The molecule has 7 nitrogen and oxygen atoms in total. The summed E-state index contributed by atoms with van der Waals surface area (Å²) in [4.78, 5) is 4.69. The molecule has 0 saturated carbocycles. The third-order valence-corrected chi connectivity index (χ3v) is 4.31. The van der Waals surface area contributed by atoms with Gasteiger partial charge in [0.05, 0.1) is 27.9 Å². The van der Waals surface area contributed by atoms with Gasteiger partial charge in [-0.05, 0) is 25.1 Å². The monoisotopic (exact) mass is 541 g/mol. The van der Waals surface area contributed by atoms with E-state index in [2.05, 4.69) is 17.2 Å². The Labute approximate surface area is 201 Å². The summed E-state index contributed by atoms with van der Waals surface area (Å²) < 4.78 is 22.1. The molecular weight excluding hydrogens is 509 g/mol. The van der Waals surface area contributed by atoms with Gasteiger partial charge >= 0.3 is 0 Å². The van der Waals surface area contributed by atoms with Crippen molar-refractivity contribution in [1.29, 1.82) is 0 Å². The average Bonchev–Trinajstić information content (AvgIpc) is 2.79. The van der Waals surface area contributed by atoms with Crippen LogP contribution in [0.5, 0.6) is 23.0 Å². The fourth-order valence-electron chi connectivity index (χ4n) is 2.91. The van der Waals surface area contributed by atoms with Crippen LogP contribution in [0.25, 0.3) is 0 Å². The molecule has 0 radical (unpaired) electrons. The summed E-state index contributed by atoms with van der Waals surface area (Å²) in [6.07, 6.45) is 1.73. The zero-order valence-corrected chi connectivity index (χ0v) is 20.9. The highest BCUT2D eigenvalue weighted by molar-refractivity contribution is 14.0. The normalized spacial score (nSPS) is 10.5. The maximum Gasteiger partial charge on any atom is 0.203 e. The molecule has 0 amide bonds. The van der Waals surface area contributed by atoms with Gasteiger partial charge in [-0.3, -0.25) is 0 Å². The number of nitrogens with one attached hydrogen (secondary N) is 2. The van der Waals surface area contributed by atoms with Crippen LogP contribution in [0, 0.1) is 0 Å². The van der Waals surface area contributed by atoms with E-state index in [4.69, 9.17) is 23.9 Å². The quantitative estimate of drug-likeness (QED) is 0.193. The Morgan fingerprint density at radius 3 is 2.32 bits per heavy atom. The van der Waals surface area contributed by atoms with Gasteiger partial charge in [-0.1, -0.05) is 30.9 Å². The molecule has 8 heteroatoms. The maximum absolute atomic E-state index is 5.72. The van der Waals surface area contributed by atoms with E-state index in [1.807, 2.05) is 43.3 Å². The van der Waals surface area contributed by atoms with Crippen molar-refractivity contribution >= 4 is 29.9 Å². The molecule has 0 saturated heterocycles. The van der Waals surface area contributed by atoms with E-state index in [-0.39, 0.29) is 24.0 Å². The number of para-hydroxylation sites is 1. The lowest BCUT2D eigenvalue weighted by molar-refractivity contribution is 0.322. The number of nitrogens with zero attached hydrogens (tertiary/aromatic N) is 1. The van der Waals surface area contributed by atoms with Crippen molar-refractivity contribution in [2.45, 2.75) is 20.0 Å². The third kappa shape index (κ3) is 7.54. The Kier molecular flexibility index (Phi) is 12.3. The van der Waals surface area contributed by atoms with Gasteiger partial charge in [-0.2, -0.15) is 0 Å². The van der Waals surface area contributed by atoms with Crippen LogP contribution < -0.4 is 29.6 Å². The Morgan fingerprint density at radius 2 is 1.68 bits per heavy atom. The highest BCUT2D eigenvalue weighted by Crippen LogP contribution is 2.39. The SMILES string of the molecule is C=CCOc1ccccc1CNC(=NCc1ccc(OC)c(OC)c1OC)NCC.I. The van der Waals surface area contributed by atoms with Gasteiger partial charge in [0.15, 0.2) is 17.5 Å². The van der Waals surface area contributed by atoms with Gasteiger partial charge < -0.3 is 29.6 Å². The van der Waals surface area contributed by atoms with Crippen molar-refractivity contribution in [3.63, 3.8) is 0 Å². The highest BCUT2D eigenvalue weighted by Gasteiger charge is 2.15. The molecule has 2 aromatic rings. The Hall–Kier alpha value is -2.62. The molecular formula is C23H32IN3O4. The van der Waals surface area contributed by atoms with Crippen molar-refractivity contribution in [2.24, 2.45) is 4.99 Å². The first-order chi connectivity index (χ1) is 14.7. The summed E-state index contributed by atoms with van der Waals surface area (Å²) >= 11 is 0. The first-order valence-corrected chi connectivity index (χ1v) is 9.80. The number of hydrogen-bond acceptors (Lipinski definition) is 5. The number of rotatable bonds is 11. The number of benzene rings is 2. The van der Waals surface area contributed by atoms with Gasteiger partial charge in [0.25, 0.3) is 0 Å². The van der Waals surface area contributed by atoms with Crippen molar-refractivity contribution in [2.75, 3.05) is 34.5 Å². The molecule has 0 unspecified atom stereocenters. The molecule has 0 aromatic heterocycles. The molecule has 0 heterocycles. The van der Waals surface area contributed by atoms with Gasteiger partial charge in [-0.25, -0.2) is 4.99 Å². The van der Waals surface area contributed by atoms with Gasteiger partial charge in [0.2, 0.25) is 5.75 Å². The molecule has 2 aromatic carbocycles. The third-order valence-electron chi connectivity index (χ3n) is 4.31. The second-order valence-electron chi connectivity index (χ2n) is 6.25. The predicted octanol–water partition coefficient (Wildman–Crippen LogP) is 4.15. The van der Waals surface area contributed by atoms with Crippen molar-refractivity contribution in [3.8, 4) is 23.0 Å². The fourth-order valence-corrected chi connectivity index (χ4v) is 2.91. The average molecular weight is 541 g/mol. The van der Waals surface area contributed by atoms with Gasteiger partial charge in [-0.15, -0.1) is 24.0 Å². The van der Waals surface area contributed by atoms with Crippen LogP contribution in [0.1, 0.15) is 18.1 Å². The van der Waals surface area contributed by atoms with E-state index in [1.165, 1.54) is 0 Å². The number of guanidine groups is 1. The summed E-state index contributed by atoms with van der Waals surface area (Å²) in [7, 11) is 4.79. The lowest BCUT2D eigenvalue weighted by Crippen LogP contribution is -2.36. The Balaban J connectivity index is 0.00000480. The van der Waals surface area contributed by atoms with Gasteiger partial charge in [0.1, 0.15) is 12.4 Å². The van der Waals surface area contributed by atoms with Crippen LogP contribution in [-0.2, 0) is 13.1 Å². The molecule has 31 heavy (non-hydrogen) atoms. The van der Waals surface area contributed by atoms with Crippen LogP contribution in [0.3, 0.4) is 0 Å². The molecule has 170 valence electrons. The van der Waals surface area contributed by atoms with Gasteiger partial charge in [0, 0.05) is 24.2 Å². The standard InChI is InChI=1S/C23H31N3O4.HI/c1-6-14-30-19-11-9-8-10-17(19)15-25-23(24-7-2)26-16-18-12-13-20(27-3)22(29-5)21(18)28-4;/h6,8-13H,1,7,14-16H2,2-5H3,(H2,24,25,26);1H. The topological polar surface area (TPSA) is 73.3 Å². The fraction of sp³-hybridized carbons (Fsp3) is 0.348. The molecule has 0 aliphatic heterocycles.